The first-order valence-corrected chi connectivity index (χ1v) is 6.76. The normalized spacial score (nSPS) is 19.0. The van der Waals surface area contributed by atoms with Crippen molar-refractivity contribution in [3.8, 4) is 6.07 Å². The number of nitrogens with one attached hydrogen (secondary N) is 1. The molecule has 1 aliphatic carbocycles. The SMILES string of the molecule is CC(C)(CCO)CNC(=O)C1(C#N)CCCCC1. The molecule has 1 rings (SSSR count). The minimum Gasteiger partial charge on any atom is -0.396 e. The molecule has 0 radical (unpaired) electrons. The number of hydrogen-bond acceptors (Lipinski definition) is 3. The number of carbonyl (C=O) groups is 1. The molecule has 0 aliphatic heterocycles. The fourth-order valence-electron chi connectivity index (χ4n) is 2.42. The van der Waals surface area contributed by atoms with E-state index >= 15 is 0 Å². The Balaban J connectivity index is 2.56. The number of carbonyl (C=O) groups excluding carboxylic acids is 1. The summed E-state index contributed by atoms with van der Waals surface area (Å²) in [6.07, 6.45) is 5.03. The molecular weight excluding hydrogens is 228 g/mol. The quantitative estimate of drug-likeness (QED) is 0.786. The van der Waals surface area contributed by atoms with Crippen LogP contribution in [0.4, 0.5) is 0 Å². The van der Waals surface area contributed by atoms with Crippen LogP contribution in [0.5, 0.6) is 0 Å². The van der Waals surface area contributed by atoms with E-state index in [4.69, 9.17) is 5.11 Å². The van der Waals surface area contributed by atoms with E-state index in [0.717, 1.165) is 19.3 Å². The zero-order chi connectivity index (χ0) is 13.6. The lowest BCUT2D eigenvalue weighted by Gasteiger charge is -2.31. The molecule has 102 valence electrons. The third-order valence-electron chi connectivity index (χ3n) is 3.87. The van der Waals surface area contributed by atoms with E-state index in [1.807, 2.05) is 13.8 Å². The van der Waals surface area contributed by atoms with E-state index in [1.54, 1.807) is 0 Å². The summed E-state index contributed by atoms with van der Waals surface area (Å²) >= 11 is 0. The fraction of sp³-hybridized carbons (Fsp3) is 0.857. The average Bonchev–Trinajstić information content (AvgIpc) is 2.37. The van der Waals surface area contributed by atoms with Crippen LogP contribution < -0.4 is 5.32 Å². The number of aliphatic hydroxyl groups is 1. The van der Waals surface area contributed by atoms with Crippen LogP contribution in [0, 0.1) is 22.2 Å². The zero-order valence-electron chi connectivity index (χ0n) is 11.5. The molecular formula is C14H24N2O2. The summed E-state index contributed by atoms with van der Waals surface area (Å²) in [6.45, 7) is 4.63. The van der Waals surface area contributed by atoms with Gasteiger partial charge in [0.1, 0.15) is 5.41 Å². The first-order chi connectivity index (χ1) is 8.46. The van der Waals surface area contributed by atoms with E-state index in [2.05, 4.69) is 11.4 Å². The van der Waals surface area contributed by atoms with Crippen molar-refractivity contribution in [2.24, 2.45) is 10.8 Å². The fourth-order valence-corrected chi connectivity index (χ4v) is 2.42. The minimum absolute atomic E-state index is 0.117. The van der Waals surface area contributed by atoms with Gasteiger partial charge in [-0.3, -0.25) is 4.79 Å². The first-order valence-electron chi connectivity index (χ1n) is 6.76. The van der Waals surface area contributed by atoms with Gasteiger partial charge >= 0.3 is 0 Å². The lowest BCUT2D eigenvalue weighted by Crippen LogP contribution is -2.44. The summed E-state index contributed by atoms with van der Waals surface area (Å²) in [5, 5.41) is 21.1. The molecule has 1 aliphatic rings. The topological polar surface area (TPSA) is 73.1 Å². The number of aliphatic hydroxyl groups excluding tert-OH is 1. The first kappa shape index (κ1) is 15.0. The van der Waals surface area contributed by atoms with Crippen molar-refractivity contribution in [3.05, 3.63) is 0 Å². The second-order valence-corrected chi connectivity index (χ2v) is 6.08. The number of nitriles is 1. The Kier molecular flexibility index (Phi) is 5.15. The van der Waals surface area contributed by atoms with Gasteiger partial charge in [-0.25, -0.2) is 0 Å². The highest BCUT2D eigenvalue weighted by Crippen LogP contribution is 2.36. The van der Waals surface area contributed by atoms with E-state index in [9.17, 15) is 10.1 Å². The van der Waals surface area contributed by atoms with Crippen LogP contribution in [0.1, 0.15) is 52.4 Å². The number of amides is 1. The average molecular weight is 252 g/mol. The molecule has 0 aromatic rings. The molecule has 0 unspecified atom stereocenters. The number of nitrogens with zero attached hydrogens (tertiary/aromatic N) is 1. The third-order valence-corrected chi connectivity index (χ3v) is 3.87. The van der Waals surface area contributed by atoms with Gasteiger partial charge in [-0.15, -0.1) is 0 Å². The maximum Gasteiger partial charge on any atom is 0.240 e. The largest absolute Gasteiger partial charge is 0.396 e. The highest BCUT2D eigenvalue weighted by atomic mass is 16.3. The predicted molar refractivity (Wildman–Crippen MR) is 69.6 cm³/mol. The Bertz CT molecular complexity index is 325. The van der Waals surface area contributed by atoms with Crippen molar-refractivity contribution < 1.29 is 9.90 Å². The highest BCUT2D eigenvalue weighted by molar-refractivity contribution is 5.85. The molecule has 4 heteroatoms. The van der Waals surface area contributed by atoms with Crippen LogP contribution in [0.2, 0.25) is 0 Å². The van der Waals surface area contributed by atoms with Crippen LogP contribution in [0.3, 0.4) is 0 Å². The summed E-state index contributed by atoms with van der Waals surface area (Å²) in [5.74, 6) is -0.129. The molecule has 0 spiro atoms. The zero-order valence-corrected chi connectivity index (χ0v) is 11.5. The number of rotatable bonds is 5. The molecule has 1 amide bonds. The van der Waals surface area contributed by atoms with E-state index in [-0.39, 0.29) is 17.9 Å². The third kappa shape index (κ3) is 3.71. The molecule has 18 heavy (non-hydrogen) atoms. The Labute approximate surface area is 109 Å². The second kappa shape index (κ2) is 6.19. The van der Waals surface area contributed by atoms with Gasteiger partial charge in [0, 0.05) is 13.2 Å². The maximum atomic E-state index is 12.2. The Hall–Kier alpha value is -1.08. The monoisotopic (exact) mass is 252 g/mol. The van der Waals surface area contributed by atoms with E-state index < -0.39 is 5.41 Å². The van der Waals surface area contributed by atoms with Crippen LogP contribution in [-0.4, -0.2) is 24.2 Å². The van der Waals surface area contributed by atoms with Crippen LogP contribution in [0.15, 0.2) is 0 Å². The summed E-state index contributed by atoms with van der Waals surface area (Å²) in [7, 11) is 0. The molecule has 0 aromatic heterocycles. The van der Waals surface area contributed by atoms with Gasteiger partial charge in [-0.05, 0) is 24.7 Å². The maximum absolute atomic E-state index is 12.2. The molecule has 0 saturated heterocycles. The minimum atomic E-state index is -0.812. The summed E-state index contributed by atoms with van der Waals surface area (Å²) < 4.78 is 0. The Morgan fingerprint density at radius 3 is 2.50 bits per heavy atom. The lowest BCUT2D eigenvalue weighted by molar-refractivity contribution is -0.130. The van der Waals surface area contributed by atoms with E-state index in [0.29, 0.717) is 25.8 Å². The van der Waals surface area contributed by atoms with Gasteiger partial charge in [0.2, 0.25) is 5.91 Å². The van der Waals surface area contributed by atoms with Gasteiger partial charge in [0.15, 0.2) is 0 Å². The molecule has 1 saturated carbocycles. The lowest BCUT2D eigenvalue weighted by atomic mass is 9.74. The van der Waals surface area contributed by atoms with Gasteiger partial charge in [0.05, 0.1) is 6.07 Å². The van der Waals surface area contributed by atoms with Crippen LogP contribution in [0.25, 0.3) is 0 Å². The van der Waals surface area contributed by atoms with Crippen molar-refractivity contribution in [1.82, 2.24) is 5.32 Å². The smallest absolute Gasteiger partial charge is 0.240 e. The molecule has 1 fully saturated rings. The Morgan fingerprint density at radius 2 is 2.00 bits per heavy atom. The second-order valence-electron chi connectivity index (χ2n) is 6.08. The van der Waals surface area contributed by atoms with Crippen molar-refractivity contribution in [3.63, 3.8) is 0 Å². The van der Waals surface area contributed by atoms with Gasteiger partial charge in [-0.2, -0.15) is 5.26 Å². The van der Waals surface area contributed by atoms with Crippen molar-refractivity contribution in [2.75, 3.05) is 13.2 Å². The van der Waals surface area contributed by atoms with Crippen LogP contribution in [-0.2, 0) is 4.79 Å². The molecule has 0 heterocycles. The van der Waals surface area contributed by atoms with Gasteiger partial charge in [0.25, 0.3) is 0 Å². The molecule has 0 aromatic carbocycles. The van der Waals surface area contributed by atoms with Crippen molar-refractivity contribution in [1.29, 1.82) is 5.26 Å². The van der Waals surface area contributed by atoms with E-state index in [1.165, 1.54) is 0 Å². The number of hydrogen-bond donors (Lipinski definition) is 2. The van der Waals surface area contributed by atoms with Crippen LogP contribution >= 0.6 is 0 Å². The molecule has 2 N–H and O–H groups in total. The molecule has 4 nitrogen and oxygen atoms in total. The van der Waals surface area contributed by atoms with Crippen molar-refractivity contribution >= 4 is 5.91 Å². The highest BCUT2D eigenvalue weighted by Gasteiger charge is 2.40. The molecule has 0 atom stereocenters. The predicted octanol–water partition coefficient (Wildman–Crippen LogP) is 1.99. The standard InChI is InChI=1S/C14H24N2O2/c1-13(2,8-9-17)11-16-12(18)14(10-15)6-4-3-5-7-14/h17H,3-9,11H2,1-2H3,(H,16,18). The summed E-state index contributed by atoms with van der Waals surface area (Å²) in [4.78, 5) is 12.2. The molecule has 0 bridgehead atoms. The summed E-state index contributed by atoms with van der Waals surface area (Å²) in [6, 6.07) is 2.22. The van der Waals surface area contributed by atoms with Gasteiger partial charge < -0.3 is 10.4 Å². The summed E-state index contributed by atoms with van der Waals surface area (Å²) in [5.41, 5.74) is -0.941. The Morgan fingerprint density at radius 1 is 1.39 bits per heavy atom. The van der Waals surface area contributed by atoms with Crippen molar-refractivity contribution in [2.45, 2.75) is 52.4 Å². The van der Waals surface area contributed by atoms with Gasteiger partial charge in [-0.1, -0.05) is 33.1 Å².